The molecule has 0 amide bonds. The van der Waals surface area contributed by atoms with Gasteiger partial charge in [-0.05, 0) is 61.3 Å². The van der Waals surface area contributed by atoms with Gasteiger partial charge in [-0.25, -0.2) is 0 Å². The first kappa shape index (κ1) is 16.3. The molecule has 21 heavy (non-hydrogen) atoms. The zero-order chi connectivity index (χ0) is 15.6. The predicted octanol–water partition coefficient (Wildman–Crippen LogP) is 5.04. The van der Waals surface area contributed by atoms with E-state index in [1.54, 1.807) is 7.11 Å². The van der Waals surface area contributed by atoms with Gasteiger partial charge in [-0.1, -0.05) is 39.7 Å². The maximum atomic E-state index is 6.04. The van der Waals surface area contributed by atoms with Gasteiger partial charge < -0.3 is 10.1 Å². The van der Waals surface area contributed by atoms with Gasteiger partial charge in [0, 0.05) is 9.50 Å². The van der Waals surface area contributed by atoms with Crippen LogP contribution in [0.3, 0.4) is 0 Å². The summed E-state index contributed by atoms with van der Waals surface area (Å²) in [6.07, 6.45) is 0. The van der Waals surface area contributed by atoms with E-state index in [1.807, 2.05) is 25.2 Å². The van der Waals surface area contributed by atoms with Crippen LogP contribution in [0.15, 0.2) is 34.8 Å². The number of rotatable bonds is 4. The molecule has 2 nitrogen and oxygen atoms in total. The number of nitrogens with one attached hydrogen (secondary N) is 1. The van der Waals surface area contributed by atoms with Crippen molar-refractivity contribution in [2.45, 2.75) is 19.9 Å². The van der Waals surface area contributed by atoms with Crippen LogP contribution in [-0.2, 0) is 0 Å². The van der Waals surface area contributed by atoms with E-state index in [4.69, 9.17) is 16.3 Å². The van der Waals surface area contributed by atoms with Crippen molar-refractivity contribution in [1.29, 1.82) is 0 Å². The molecule has 0 fully saturated rings. The van der Waals surface area contributed by atoms with E-state index in [0.29, 0.717) is 0 Å². The minimum atomic E-state index is 0.0984. The molecule has 4 heteroatoms. The van der Waals surface area contributed by atoms with Gasteiger partial charge in [0.05, 0.1) is 13.2 Å². The maximum absolute atomic E-state index is 6.04. The second-order valence-electron chi connectivity index (χ2n) is 5.07. The number of ether oxygens (including phenoxy) is 1. The number of halogens is 2. The first-order valence-corrected chi connectivity index (χ1v) is 7.92. The Balaban J connectivity index is 2.53. The third-order valence-electron chi connectivity index (χ3n) is 3.66. The third kappa shape index (κ3) is 3.42. The number of methoxy groups -OCH3 is 1. The lowest BCUT2D eigenvalue weighted by Gasteiger charge is -2.22. The van der Waals surface area contributed by atoms with E-state index in [2.05, 4.69) is 47.2 Å². The maximum Gasteiger partial charge on any atom is 0.122 e. The summed E-state index contributed by atoms with van der Waals surface area (Å²) in [5, 5.41) is 4.11. The molecule has 0 bridgehead atoms. The molecule has 0 heterocycles. The van der Waals surface area contributed by atoms with Crippen LogP contribution in [0.5, 0.6) is 5.75 Å². The van der Waals surface area contributed by atoms with E-state index >= 15 is 0 Å². The lowest BCUT2D eigenvalue weighted by molar-refractivity contribution is 0.411. The Morgan fingerprint density at radius 3 is 2.38 bits per heavy atom. The Morgan fingerprint density at radius 2 is 1.81 bits per heavy atom. The second-order valence-corrected chi connectivity index (χ2v) is 6.36. The predicted molar refractivity (Wildman–Crippen MR) is 92.5 cm³/mol. The third-order valence-corrected chi connectivity index (χ3v) is 4.58. The van der Waals surface area contributed by atoms with Crippen molar-refractivity contribution in [2.75, 3.05) is 14.2 Å². The summed E-state index contributed by atoms with van der Waals surface area (Å²) >= 11 is 9.65. The van der Waals surface area contributed by atoms with Gasteiger partial charge in [0.25, 0.3) is 0 Å². The number of hydrogen-bond donors (Lipinski definition) is 1. The van der Waals surface area contributed by atoms with Crippen LogP contribution >= 0.6 is 27.5 Å². The van der Waals surface area contributed by atoms with Gasteiger partial charge in [0.2, 0.25) is 0 Å². The van der Waals surface area contributed by atoms with Crippen molar-refractivity contribution < 1.29 is 4.74 Å². The largest absolute Gasteiger partial charge is 0.496 e. The molecule has 2 aromatic carbocycles. The molecule has 0 saturated heterocycles. The molecule has 0 aliphatic carbocycles. The molecule has 0 aliphatic heterocycles. The van der Waals surface area contributed by atoms with Gasteiger partial charge in [-0.15, -0.1) is 0 Å². The molecule has 0 aromatic heterocycles. The zero-order valence-electron chi connectivity index (χ0n) is 12.6. The standard InChI is InChI=1S/C17H19BrClNO/c1-10-8-16(21-4)11(2)7-14(10)17(20-3)13-6-5-12(19)9-15(13)18/h5-9,17,20H,1-4H3. The zero-order valence-corrected chi connectivity index (χ0v) is 15.0. The molecule has 0 spiro atoms. The molecular weight excluding hydrogens is 350 g/mol. The Bertz CT molecular complexity index is 657. The fraction of sp³-hybridized carbons (Fsp3) is 0.294. The monoisotopic (exact) mass is 367 g/mol. The van der Waals surface area contributed by atoms with Gasteiger partial charge in [0.15, 0.2) is 0 Å². The molecule has 0 aliphatic rings. The van der Waals surface area contributed by atoms with Crippen LogP contribution in [-0.4, -0.2) is 14.2 Å². The van der Waals surface area contributed by atoms with Crippen molar-refractivity contribution in [1.82, 2.24) is 5.32 Å². The average molecular weight is 369 g/mol. The normalized spacial score (nSPS) is 12.3. The number of hydrogen-bond acceptors (Lipinski definition) is 2. The molecule has 1 unspecified atom stereocenters. The topological polar surface area (TPSA) is 21.3 Å². The fourth-order valence-electron chi connectivity index (χ4n) is 2.56. The summed E-state index contributed by atoms with van der Waals surface area (Å²) < 4.78 is 6.39. The van der Waals surface area contributed by atoms with E-state index in [1.165, 1.54) is 11.1 Å². The Morgan fingerprint density at radius 1 is 1.10 bits per heavy atom. The summed E-state index contributed by atoms with van der Waals surface area (Å²) in [5.74, 6) is 0.918. The van der Waals surface area contributed by atoms with E-state index in [9.17, 15) is 0 Å². The molecule has 2 aromatic rings. The van der Waals surface area contributed by atoms with Crippen LogP contribution in [0.2, 0.25) is 5.02 Å². The molecular formula is C17H19BrClNO. The van der Waals surface area contributed by atoms with E-state index in [-0.39, 0.29) is 6.04 Å². The van der Waals surface area contributed by atoms with Crippen LogP contribution in [0, 0.1) is 13.8 Å². The first-order chi connectivity index (χ1) is 9.97. The van der Waals surface area contributed by atoms with Crippen LogP contribution in [0.1, 0.15) is 28.3 Å². The smallest absolute Gasteiger partial charge is 0.122 e. The van der Waals surface area contributed by atoms with Crippen LogP contribution in [0.25, 0.3) is 0 Å². The minimum Gasteiger partial charge on any atom is -0.496 e. The lowest BCUT2D eigenvalue weighted by atomic mass is 9.93. The van der Waals surface area contributed by atoms with Gasteiger partial charge in [-0.3, -0.25) is 0 Å². The van der Waals surface area contributed by atoms with Gasteiger partial charge >= 0.3 is 0 Å². The number of aryl methyl sites for hydroxylation is 2. The highest BCUT2D eigenvalue weighted by Crippen LogP contribution is 2.34. The highest BCUT2D eigenvalue weighted by molar-refractivity contribution is 9.10. The van der Waals surface area contributed by atoms with Gasteiger partial charge in [0.1, 0.15) is 5.75 Å². The first-order valence-electron chi connectivity index (χ1n) is 6.75. The molecule has 0 radical (unpaired) electrons. The molecule has 112 valence electrons. The summed E-state index contributed by atoms with van der Waals surface area (Å²) in [6, 6.07) is 10.2. The summed E-state index contributed by atoms with van der Waals surface area (Å²) in [6.45, 7) is 4.16. The SMILES string of the molecule is CNC(c1cc(C)c(OC)cc1C)c1ccc(Cl)cc1Br. The van der Waals surface area contributed by atoms with Crippen molar-refractivity contribution in [3.05, 3.63) is 62.1 Å². The van der Waals surface area contributed by atoms with Gasteiger partial charge in [-0.2, -0.15) is 0 Å². The summed E-state index contributed by atoms with van der Waals surface area (Å²) in [7, 11) is 3.66. The van der Waals surface area contributed by atoms with Crippen LogP contribution < -0.4 is 10.1 Å². The van der Waals surface area contributed by atoms with Crippen molar-refractivity contribution in [3.63, 3.8) is 0 Å². The fourth-order valence-corrected chi connectivity index (χ4v) is 3.47. The Hall–Kier alpha value is -1.03. The summed E-state index contributed by atoms with van der Waals surface area (Å²) in [4.78, 5) is 0. The highest BCUT2D eigenvalue weighted by atomic mass is 79.9. The summed E-state index contributed by atoms with van der Waals surface area (Å²) in [5.41, 5.74) is 4.72. The van der Waals surface area contributed by atoms with Crippen molar-refractivity contribution >= 4 is 27.5 Å². The molecule has 1 N–H and O–H groups in total. The highest BCUT2D eigenvalue weighted by Gasteiger charge is 2.18. The van der Waals surface area contributed by atoms with Crippen molar-refractivity contribution in [3.8, 4) is 5.75 Å². The Kier molecular flexibility index (Phi) is 5.31. The number of benzene rings is 2. The molecule has 0 saturated carbocycles. The molecule has 2 rings (SSSR count). The van der Waals surface area contributed by atoms with Crippen molar-refractivity contribution in [2.24, 2.45) is 0 Å². The molecule has 1 atom stereocenters. The second kappa shape index (κ2) is 6.82. The quantitative estimate of drug-likeness (QED) is 0.816. The van der Waals surface area contributed by atoms with E-state index < -0.39 is 0 Å². The Labute approximate surface area is 139 Å². The van der Waals surface area contributed by atoms with Crippen LogP contribution in [0.4, 0.5) is 0 Å². The van der Waals surface area contributed by atoms with E-state index in [0.717, 1.165) is 26.4 Å². The average Bonchev–Trinajstić information content (AvgIpc) is 2.45. The lowest BCUT2D eigenvalue weighted by Crippen LogP contribution is -2.19. The minimum absolute atomic E-state index is 0.0984.